The van der Waals surface area contributed by atoms with Crippen LogP contribution in [0.3, 0.4) is 0 Å². The van der Waals surface area contributed by atoms with Gasteiger partial charge in [-0.05, 0) is 81.8 Å². The summed E-state index contributed by atoms with van der Waals surface area (Å²) in [6.45, 7) is 9.57. The molecule has 10 nitrogen and oxygen atoms in total. The summed E-state index contributed by atoms with van der Waals surface area (Å²) in [5, 5.41) is 11.8. The lowest BCUT2D eigenvalue weighted by Gasteiger charge is -2.57. The highest BCUT2D eigenvalue weighted by Crippen LogP contribution is 2.66. The van der Waals surface area contributed by atoms with E-state index in [9.17, 15) is 19.5 Å². The lowest BCUT2D eigenvalue weighted by molar-refractivity contribution is -0.151. The zero-order chi connectivity index (χ0) is 31.8. The number of aliphatic hydroxyl groups is 1. The molecule has 8 atom stereocenters. The number of carbonyl (C=O) groups is 3. The molecule has 240 valence electrons. The van der Waals surface area contributed by atoms with E-state index < -0.39 is 41.1 Å². The van der Waals surface area contributed by atoms with Crippen molar-refractivity contribution in [3.8, 4) is 0 Å². The fourth-order valence-electron chi connectivity index (χ4n) is 8.41. The smallest absolute Gasteiger partial charge is 0.438 e. The van der Waals surface area contributed by atoms with E-state index in [1.807, 2.05) is 0 Å². The molecule has 0 heterocycles. The van der Waals surface area contributed by atoms with Crippen molar-refractivity contribution in [2.75, 3.05) is 28.1 Å². The van der Waals surface area contributed by atoms with Gasteiger partial charge in [0.2, 0.25) is 0 Å². The molecule has 0 spiro atoms. The number of fused-ring (bicyclic) bond motifs is 5. The summed E-state index contributed by atoms with van der Waals surface area (Å²) < 4.78 is 31.4. The van der Waals surface area contributed by atoms with Crippen LogP contribution in [0.1, 0.15) is 73.1 Å². The van der Waals surface area contributed by atoms with E-state index in [-0.39, 0.29) is 35.7 Å². The van der Waals surface area contributed by atoms with Crippen molar-refractivity contribution in [3.63, 3.8) is 0 Å². The van der Waals surface area contributed by atoms with Crippen LogP contribution in [0.5, 0.6) is 0 Å². The average Bonchev–Trinajstić information content (AvgIpc) is 3.33. The first kappa shape index (κ1) is 33.2. The van der Waals surface area contributed by atoms with Gasteiger partial charge in [0.25, 0.3) is 0 Å². The van der Waals surface area contributed by atoms with E-state index in [2.05, 4.69) is 26.0 Å². The molecule has 0 bridgehead atoms. The molecule has 0 unspecified atom stereocenters. The lowest BCUT2D eigenvalue weighted by atomic mass is 9.49. The SMILES string of the molecule is COCOC(C)(C)C(=O)/C=C/[C@@](C)(O)[C@H]1CC[C@H]2C3=CC=C4C[C@@H](OC(=O)OC)C[C@H](OC(=O)OC)[C@]4(C)[C@H]3CC[C@@]21C. The highest BCUT2D eigenvalue weighted by atomic mass is 16.7. The van der Waals surface area contributed by atoms with Crippen molar-refractivity contribution in [1.29, 1.82) is 0 Å². The maximum Gasteiger partial charge on any atom is 0.508 e. The summed E-state index contributed by atoms with van der Waals surface area (Å²) in [4.78, 5) is 37.2. The molecule has 1 N–H and O–H groups in total. The van der Waals surface area contributed by atoms with Crippen LogP contribution < -0.4 is 0 Å². The number of rotatable bonds is 9. The third-order valence-corrected chi connectivity index (χ3v) is 10.8. The van der Waals surface area contributed by atoms with E-state index in [0.29, 0.717) is 12.8 Å². The molecule has 4 aliphatic rings. The average molecular weight is 605 g/mol. The second-order valence-electron chi connectivity index (χ2n) is 13.6. The Morgan fingerprint density at radius 2 is 1.65 bits per heavy atom. The molecule has 4 aliphatic carbocycles. The molecular formula is C33H48O10. The lowest BCUT2D eigenvalue weighted by Crippen LogP contribution is -2.55. The Kier molecular flexibility index (Phi) is 9.55. The fourth-order valence-corrected chi connectivity index (χ4v) is 8.41. The maximum atomic E-state index is 12.9. The van der Waals surface area contributed by atoms with Gasteiger partial charge < -0.3 is 33.5 Å². The zero-order valence-electron chi connectivity index (χ0n) is 26.8. The van der Waals surface area contributed by atoms with E-state index >= 15 is 0 Å². The molecule has 0 aromatic heterocycles. The van der Waals surface area contributed by atoms with Gasteiger partial charge in [-0.1, -0.05) is 37.1 Å². The largest absolute Gasteiger partial charge is 0.508 e. The standard InChI is InChI=1S/C33H48O10/c1-30(2,41-19-38-6)26(34)14-16-32(4,37)25-12-11-23-22-10-9-20-17-21(42-28(35)39-7)18-27(43-29(36)40-8)33(20,5)24(22)13-15-31(23,25)3/h9-10,14,16,21,23-25,27,37H,11-13,15,17-19H2,1-8H3/b16-14+/t21-,23+,24+,25+,27+,31+,32-,33+/m1/s1. The predicted molar refractivity (Wildman–Crippen MR) is 157 cm³/mol. The molecule has 43 heavy (non-hydrogen) atoms. The van der Waals surface area contributed by atoms with Gasteiger partial charge in [-0.15, -0.1) is 0 Å². The quantitative estimate of drug-likeness (QED) is 0.200. The van der Waals surface area contributed by atoms with E-state index in [1.165, 1.54) is 33.0 Å². The van der Waals surface area contributed by atoms with E-state index in [4.69, 9.17) is 28.4 Å². The van der Waals surface area contributed by atoms with Gasteiger partial charge in [0, 0.05) is 25.4 Å². The summed E-state index contributed by atoms with van der Waals surface area (Å²) in [7, 11) is 4.05. The number of ketones is 1. The van der Waals surface area contributed by atoms with Gasteiger partial charge in [0.05, 0.1) is 19.8 Å². The van der Waals surface area contributed by atoms with Crippen LogP contribution in [0.25, 0.3) is 0 Å². The van der Waals surface area contributed by atoms with E-state index in [0.717, 1.165) is 31.3 Å². The number of hydrogen-bond donors (Lipinski definition) is 1. The summed E-state index contributed by atoms with van der Waals surface area (Å²) in [6.07, 6.45) is 9.06. The molecule has 4 rings (SSSR count). The minimum absolute atomic E-state index is 0.00118. The Morgan fingerprint density at radius 3 is 2.30 bits per heavy atom. The van der Waals surface area contributed by atoms with Crippen LogP contribution >= 0.6 is 0 Å². The van der Waals surface area contributed by atoms with Crippen molar-refractivity contribution < 1.29 is 47.9 Å². The first-order valence-corrected chi connectivity index (χ1v) is 15.1. The molecule has 0 aromatic carbocycles. The Bertz CT molecular complexity index is 1180. The minimum atomic E-state index is -1.21. The van der Waals surface area contributed by atoms with Gasteiger partial charge in [0.15, 0.2) is 5.78 Å². The van der Waals surface area contributed by atoms with Crippen molar-refractivity contribution in [2.45, 2.75) is 96.6 Å². The minimum Gasteiger partial charge on any atom is -0.438 e. The molecule has 0 saturated heterocycles. The number of allylic oxidation sites excluding steroid dienone is 3. The molecule has 0 aliphatic heterocycles. The fraction of sp³-hybridized carbons (Fsp3) is 0.727. The van der Waals surface area contributed by atoms with Gasteiger partial charge in [0.1, 0.15) is 24.6 Å². The van der Waals surface area contributed by atoms with Crippen LogP contribution in [0.15, 0.2) is 35.5 Å². The highest BCUT2D eigenvalue weighted by Gasteiger charge is 2.61. The van der Waals surface area contributed by atoms with Crippen LogP contribution in [0, 0.1) is 28.6 Å². The van der Waals surface area contributed by atoms with Crippen molar-refractivity contribution in [2.24, 2.45) is 28.6 Å². The summed E-state index contributed by atoms with van der Waals surface area (Å²) in [5.74, 6) is 0.0187. The Morgan fingerprint density at radius 1 is 0.977 bits per heavy atom. The monoisotopic (exact) mass is 604 g/mol. The second-order valence-corrected chi connectivity index (χ2v) is 13.6. The van der Waals surface area contributed by atoms with Crippen LogP contribution in [-0.2, 0) is 33.2 Å². The Hall–Kier alpha value is -2.69. The molecule has 3 fully saturated rings. The maximum absolute atomic E-state index is 12.9. The summed E-state index contributed by atoms with van der Waals surface area (Å²) in [5.41, 5.74) is -0.607. The van der Waals surface area contributed by atoms with Crippen LogP contribution in [-0.4, -0.2) is 74.7 Å². The molecule has 0 radical (unpaired) electrons. The molecule has 0 amide bonds. The summed E-state index contributed by atoms with van der Waals surface area (Å²) >= 11 is 0. The first-order chi connectivity index (χ1) is 20.1. The molecular weight excluding hydrogens is 556 g/mol. The second kappa shape index (κ2) is 12.4. The Labute approximate surface area is 254 Å². The molecule has 10 heteroatoms. The van der Waals surface area contributed by atoms with Crippen molar-refractivity contribution in [1.82, 2.24) is 0 Å². The van der Waals surface area contributed by atoms with Gasteiger partial charge >= 0.3 is 12.3 Å². The highest BCUT2D eigenvalue weighted by molar-refractivity contribution is 5.96. The third kappa shape index (κ3) is 6.15. The first-order valence-electron chi connectivity index (χ1n) is 15.1. The van der Waals surface area contributed by atoms with Crippen LogP contribution in [0.2, 0.25) is 0 Å². The number of carbonyl (C=O) groups excluding carboxylic acids is 3. The van der Waals surface area contributed by atoms with Gasteiger partial charge in [-0.25, -0.2) is 9.59 Å². The number of methoxy groups -OCH3 is 3. The normalized spacial score (nSPS) is 35.0. The predicted octanol–water partition coefficient (Wildman–Crippen LogP) is 5.67. The third-order valence-electron chi connectivity index (χ3n) is 10.8. The van der Waals surface area contributed by atoms with Crippen LogP contribution in [0.4, 0.5) is 9.59 Å². The number of hydrogen-bond acceptors (Lipinski definition) is 10. The van der Waals surface area contributed by atoms with Crippen molar-refractivity contribution in [3.05, 3.63) is 35.5 Å². The van der Waals surface area contributed by atoms with Crippen molar-refractivity contribution >= 4 is 18.1 Å². The topological polar surface area (TPSA) is 127 Å². The zero-order valence-corrected chi connectivity index (χ0v) is 26.8. The molecule has 3 saturated carbocycles. The van der Waals surface area contributed by atoms with E-state index in [1.54, 1.807) is 26.8 Å². The molecule has 0 aromatic rings. The van der Waals surface area contributed by atoms with Gasteiger partial charge in [-0.3, -0.25) is 4.79 Å². The van der Waals surface area contributed by atoms with Gasteiger partial charge in [-0.2, -0.15) is 0 Å². The number of ether oxygens (including phenoxy) is 6. The Balaban J connectivity index is 1.61. The summed E-state index contributed by atoms with van der Waals surface area (Å²) in [6, 6.07) is 0.